The highest BCUT2D eigenvalue weighted by atomic mass is 16.3. The van der Waals surface area contributed by atoms with Gasteiger partial charge in [-0.25, -0.2) is 15.0 Å². The normalized spacial score (nSPS) is 11.4. The van der Waals surface area contributed by atoms with Crippen molar-refractivity contribution in [3.8, 4) is 62.5 Å². The highest BCUT2D eigenvalue weighted by Crippen LogP contribution is 2.38. The molecule has 5 heteroatoms. The molecule has 0 aliphatic carbocycles. The summed E-state index contributed by atoms with van der Waals surface area (Å²) in [5.41, 5.74) is 8.96. The fourth-order valence-corrected chi connectivity index (χ4v) is 7.34. The second kappa shape index (κ2) is 12.4. The zero-order valence-electron chi connectivity index (χ0n) is 28.4. The predicted molar refractivity (Wildman–Crippen MR) is 214 cm³/mol. The first-order valence-corrected chi connectivity index (χ1v) is 17.5. The third-order valence-electron chi connectivity index (χ3n) is 9.92. The average Bonchev–Trinajstić information content (AvgIpc) is 3.62. The molecule has 2 aromatic heterocycles. The number of hydrogen-bond acceptors (Lipinski definition) is 5. The molecule has 0 radical (unpaired) electrons. The monoisotopic (exact) mass is 676 g/mol. The molecule has 10 rings (SSSR count). The Morgan fingerprint density at radius 2 is 1.00 bits per heavy atom. The van der Waals surface area contributed by atoms with Gasteiger partial charge in [0.15, 0.2) is 17.5 Å². The summed E-state index contributed by atoms with van der Waals surface area (Å²) in [4.78, 5) is 15.3. The summed E-state index contributed by atoms with van der Waals surface area (Å²) in [6.45, 7) is 0. The predicted octanol–water partition coefficient (Wildman–Crippen LogP) is 12.3. The molecule has 5 nitrogen and oxygen atoms in total. The molecule has 0 saturated carbocycles. The molecule has 0 fully saturated rings. The number of nitrogens with zero attached hydrogens (tertiary/aromatic N) is 4. The fraction of sp³-hybridized carbons (Fsp3) is 0. The van der Waals surface area contributed by atoms with E-state index in [0.29, 0.717) is 23.0 Å². The lowest BCUT2D eigenvalue weighted by molar-refractivity contribution is 0.669. The van der Waals surface area contributed by atoms with E-state index in [1.807, 2.05) is 66.7 Å². The van der Waals surface area contributed by atoms with E-state index >= 15 is 0 Å². The molecule has 2 heterocycles. The van der Waals surface area contributed by atoms with Crippen LogP contribution >= 0.6 is 0 Å². The van der Waals surface area contributed by atoms with Crippen LogP contribution in [0.3, 0.4) is 0 Å². The van der Waals surface area contributed by atoms with Gasteiger partial charge in [0.2, 0.25) is 0 Å². The van der Waals surface area contributed by atoms with Crippen molar-refractivity contribution in [2.45, 2.75) is 0 Å². The van der Waals surface area contributed by atoms with Gasteiger partial charge in [0.05, 0.1) is 11.6 Å². The number of hydrogen-bond donors (Lipinski definition) is 0. The van der Waals surface area contributed by atoms with Crippen LogP contribution in [-0.2, 0) is 0 Å². The van der Waals surface area contributed by atoms with Gasteiger partial charge in [-0.15, -0.1) is 0 Å². The first-order valence-electron chi connectivity index (χ1n) is 17.5. The molecule has 8 aromatic carbocycles. The van der Waals surface area contributed by atoms with Crippen molar-refractivity contribution in [3.63, 3.8) is 0 Å². The van der Waals surface area contributed by atoms with Crippen molar-refractivity contribution in [1.29, 1.82) is 5.26 Å². The summed E-state index contributed by atoms with van der Waals surface area (Å²) < 4.78 is 6.48. The van der Waals surface area contributed by atoms with E-state index < -0.39 is 0 Å². The Kier molecular flexibility index (Phi) is 7.12. The number of furan rings is 1. The number of aromatic nitrogens is 3. The fourth-order valence-electron chi connectivity index (χ4n) is 7.34. The van der Waals surface area contributed by atoms with Crippen LogP contribution in [-0.4, -0.2) is 15.0 Å². The van der Waals surface area contributed by atoms with Crippen LogP contribution in [0.1, 0.15) is 5.56 Å². The Bertz CT molecular complexity index is 3080. The molecule has 0 atom stereocenters. The SMILES string of the molecule is N#Cc1cccc(-c2cccc(-c3nc(-c4ccc5c(ccc6ccccc65)c4)nc(-c4ccc5c(c4)oc4cccc(-c6ccccc6)c45)n3)c2)c1. The van der Waals surface area contributed by atoms with Crippen molar-refractivity contribution >= 4 is 43.5 Å². The minimum atomic E-state index is 0.547. The van der Waals surface area contributed by atoms with Crippen LogP contribution in [0.15, 0.2) is 174 Å². The largest absolute Gasteiger partial charge is 0.456 e. The molecule has 0 aliphatic heterocycles. The van der Waals surface area contributed by atoms with Crippen LogP contribution in [0, 0.1) is 11.3 Å². The molecule has 0 amide bonds. The highest BCUT2D eigenvalue weighted by Gasteiger charge is 2.17. The van der Waals surface area contributed by atoms with Crippen molar-refractivity contribution < 1.29 is 4.42 Å². The summed E-state index contributed by atoms with van der Waals surface area (Å²) in [5, 5.41) is 16.3. The smallest absolute Gasteiger partial charge is 0.164 e. The Morgan fingerprint density at radius 1 is 0.396 bits per heavy atom. The molecule has 53 heavy (non-hydrogen) atoms. The topological polar surface area (TPSA) is 75.6 Å². The Hall–Kier alpha value is -7.42. The minimum Gasteiger partial charge on any atom is -0.456 e. The molecular formula is C48H28N4O. The van der Waals surface area contributed by atoms with Gasteiger partial charge < -0.3 is 4.42 Å². The Morgan fingerprint density at radius 3 is 1.81 bits per heavy atom. The lowest BCUT2D eigenvalue weighted by atomic mass is 9.99. The second-order valence-electron chi connectivity index (χ2n) is 13.2. The van der Waals surface area contributed by atoms with Gasteiger partial charge in [0, 0.05) is 27.5 Å². The molecule has 0 N–H and O–H groups in total. The first kappa shape index (κ1) is 30.4. The van der Waals surface area contributed by atoms with Crippen molar-refractivity contribution in [3.05, 3.63) is 175 Å². The lowest BCUT2D eigenvalue weighted by Crippen LogP contribution is -2.00. The van der Waals surface area contributed by atoms with Gasteiger partial charge in [-0.05, 0) is 86.3 Å². The summed E-state index contributed by atoms with van der Waals surface area (Å²) >= 11 is 0. The third kappa shape index (κ3) is 5.38. The van der Waals surface area contributed by atoms with Crippen molar-refractivity contribution in [1.82, 2.24) is 15.0 Å². The standard InChI is InChI=1S/C48H28N4O/c49-29-30-9-6-13-33(25-30)34-14-7-15-36(26-34)46-50-47(37-21-23-40-35(27-37)20-19-32-12-4-5-16-39(32)40)52-48(51-46)38-22-24-42-44(28-38)53-43-18-8-17-41(45(42)43)31-10-2-1-3-11-31/h1-28H. The molecule has 0 unspecified atom stereocenters. The zero-order chi connectivity index (χ0) is 35.3. The summed E-state index contributed by atoms with van der Waals surface area (Å²) in [7, 11) is 0. The molecule has 246 valence electrons. The van der Waals surface area contributed by atoms with Gasteiger partial charge >= 0.3 is 0 Å². The second-order valence-corrected chi connectivity index (χ2v) is 13.2. The molecular weight excluding hydrogens is 649 g/mol. The molecule has 0 bridgehead atoms. The van der Waals surface area contributed by atoms with E-state index in [-0.39, 0.29) is 0 Å². The number of nitriles is 1. The quantitative estimate of drug-likeness (QED) is 0.170. The van der Waals surface area contributed by atoms with Crippen molar-refractivity contribution in [2.75, 3.05) is 0 Å². The van der Waals surface area contributed by atoms with Gasteiger partial charge in [0.1, 0.15) is 11.2 Å². The molecule has 0 spiro atoms. The van der Waals surface area contributed by atoms with Gasteiger partial charge in [0.25, 0.3) is 0 Å². The van der Waals surface area contributed by atoms with E-state index in [9.17, 15) is 5.26 Å². The Labute approximate surface area is 305 Å². The molecule has 0 saturated heterocycles. The van der Waals surface area contributed by atoms with Gasteiger partial charge in [-0.2, -0.15) is 5.26 Å². The van der Waals surface area contributed by atoms with E-state index in [4.69, 9.17) is 19.4 Å². The summed E-state index contributed by atoms with van der Waals surface area (Å²) in [6, 6.07) is 59.9. The van der Waals surface area contributed by atoms with Crippen LogP contribution in [0.5, 0.6) is 0 Å². The highest BCUT2D eigenvalue weighted by molar-refractivity contribution is 6.13. The molecule has 0 aliphatic rings. The van der Waals surface area contributed by atoms with Crippen LogP contribution in [0.25, 0.3) is 99.9 Å². The number of fused-ring (bicyclic) bond motifs is 6. The minimum absolute atomic E-state index is 0.547. The van der Waals surface area contributed by atoms with E-state index in [1.54, 1.807) is 0 Å². The number of benzene rings is 8. The van der Waals surface area contributed by atoms with Crippen LogP contribution in [0.4, 0.5) is 0 Å². The number of rotatable bonds is 5. The zero-order valence-corrected chi connectivity index (χ0v) is 28.4. The maximum Gasteiger partial charge on any atom is 0.164 e. The third-order valence-corrected chi connectivity index (χ3v) is 9.92. The lowest BCUT2D eigenvalue weighted by Gasteiger charge is -2.11. The van der Waals surface area contributed by atoms with Crippen molar-refractivity contribution in [2.24, 2.45) is 0 Å². The van der Waals surface area contributed by atoms with E-state index in [0.717, 1.165) is 66.3 Å². The maximum atomic E-state index is 9.53. The van der Waals surface area contributed by atoms with Crippen LogP contribution < -0.4 is 0 Å². The van der Waals surface area contributed by atoms with E-state index in [2.05, 4.69) is 109 Å². The first-order chi connectivity index (χ1) is 26.2. The van der Waals surface area contributed by atoms with E-state index in [1.165, 1.54) is 16.2 Å². The Balaban J connectivity index is 1.15. The summed E-state index contributed by atoms with van der Waals surface area (Å²) in [5.74, 6) is 1.68. The van der Waals surface area contributed by atoms with Crippen LogP contribution in [0.2, 0.25) is 0 Å². The molecule has 10 aromatic rings. The average molecular weight is 677 g/mol. The summed E-state index contributed by atoms with van der Waals surface area (Å²) in [6.07, 6.45) is 0. The maximum absolute atomic E-state index is 9.53. The van der Waals surface area contributed by atoms with Gasteiger partial charge in [-0.3, -0.25) is 0 Å². The van der Waals surface area contributed by atoms with Gasteiger partial charge in [-0.1, -0.05) is 127 Å².